The lowest BCUT2D eigenvalue weighted by atomic mass is 10.0. The van der Waals surface area contributed by atoms with Crippen LogP contribution in [0.4, 0.5) is 0 Å². The van der Waals surface area contributed by atoms with Crippen LogP contribution in [-0.4, -0.2) is 13.7 Å². The summed E-state index contributed by atoms with van der Waals surface area (Å²) in [6.45, 7) is 2.64. The van der Waals surface area contributed by atoms with Crippen LogP contribution >= 0.6 is 31.9 Å². The third-order valence-corrected chi connectivity index (χ3v) is 4.63. The van der Waals surface area contributed by atoms with Crippen LogP contribution in [0.15, 0.2) is 46.9 Å². The Balaban J connectivity index is 2.23. The van der Waals surface area contributed by atoms with Gasteiger partial charge >= 0.3 is 0 Å². The van der Waals surface area contributed by atoms with Gasteiger partial charge < -0.3 is 9.47 Å². The van der Waals surface area contributed by atoms with E-state index in [9.17, 15) is 0 Å². The molecule has 2 rings (SSSR count). The molecule has 0 saturated heterocycles. The van der Waals surface area contributed by atoms with Gasteiger partial charge in [0.15, 0.2) is 0 Å². The van der Waals surface area contributed by atoms with Gasteiger partial charge in [-0.15, -0.1) is 0 Å². The van der Waals surface area contributed by atoms with Crippen LogP contribution in [0.1, 0.15) is 22.9 Å². The molecule has 0 radical (unpaired) electrons. The first kappa shape index (κ1) is 15.4. The van der Waals surface area contributed by atoms with E-state index in [0.717, 1.165) is 16.0 Å². The molecule has 1 atom stereocenters. The topological polar surface area (TPSA) is 18.5 Å². The van der Waals surface area contributed by atoms with E-state index in [1.165, 1.54) is 11.1 Å². The minimum atomic E-state index is 0.139. The molecule has 0 aliphatic rings. The third kappa shape index (κ3) is 3.55. The van der Waals surface area contributed by atoms with Crippen molar-refractivity contribution in [3.63, 3.8) is 0 Å². The molecule has 0 heterocycles. The van der Waals surface area contributed by atoms with Gasteiger partial charge in [-0.2, -0.15) is 0 Å². The van der Waals surface area contributed by atoms with Gasteiger partial charge in [0.2, 0.25) is 0 Å². The Bertz CT molecular complexity index is 567. The summed E-state index contributed by atoms with van der Waals surface area (Å²) in [6.07, 6.45) is 0. The van der Waals surface area contributed by atoms with Crippen LogP contribution in [0.3, 0.4) is 0 Å². The molecule has 0 spiro atoms. The number of hydrogen-bond donors (Lipinski definition) is 0. The number of rotatable bonds is 5. The Morgan fingerprint density at radius 3 is 2.25 bits per heavy atom. The molecule has 2 aromatic carbocycles. The Kier molecular flexibility index (Phi) is 5.49. The van der Waals surface area contributed by atoms with E-state index in [0.29, 0.717) is 6.61 Å². The molecule has 0 aromatic heterocycles. The molecule has 4 heteroatoms. The van der Waals surface area contributed by atoms with Crippen LogP contribution in [0.2, 0.25) is 0 Å². The molecule has 0 aliphatic carbocycles. The van der Waals surface area contributed by atoms with Crippen LogP contribution < -0.4 is 9.47 Å². The maximum Gasteiger partial charge on any atom is 0.133 e. The number of halogens is 2. The van der Waals surface area contributed by atoms with Crippen molar-refractivity contribution in [2.75, 3.05) is 13.7 Å². The molecule has 0 saturated carbocycles. The number of alkyl halides is 1. The average Bonchev–Trinajstić information content (AvgIpc) is 2.49. The minimum Gasteiger partial charge on any atom is -0.497 e. The van der Waals surface area contributed by atoms with Crippen LogP contribution in [0.25, 0.3) is 0 Å². The number of hydrogen-bond acceptors (Lipinski definition) is 2. The van der Waals surface area contributed by atoms with Gasteiger partial charge in [-0.1, -0.05) is 34.1 Å². The minimum absolute atomic E-state index is 0.139. The third-order valence-electron chi connectivity index (χ3n) is 2.96. The first-order valence-electron chi connectivity index (χ1n) is 6.36. The SMILES string of the molecule is CCOc1ccc(C(Br)c2ccc(OC)cc2)cc1Br. The largest absolute Gasteiger partial charge is 0.497 e. The summed E-state index contributed by atoms with van der Waals surface area (Å²) in [7, 11) is 1.67. The first-order chi connectivity index (χ1) is 9.65. The second kappa shape index (κ2) is 7.14. The highest BCUT2D eigenvalue weighted by molar-refractivity contribution is 9.10. The summed E-state index contributed by atoms with van der Waals surface area (Å²) < 4.78 is 11.7. The van der Waals surface area contributed by atoms with Crippen LogP contribution in [0, 0.1) is 0 Å². The smallest absolute Gasteiger partial charge is 0.133 e. The van der Waals surface area contributed by atoms with Crippen molar-refractivity contribution in [3.8, 4) is 11.5 Å². The highest BCUT2D eigenvalue weighted by Gasteiger charge is 2.12. The van der Waals surface area contributed by atoms with E-state index in [4.69, 9.17) is 9.47 Å². The maximum atomic E-state index is 5.53. The second-order valence-corrected chi connectivity index (χ2v) is 6.03. The van der Waals surface area contributed by atoms with E-state index in [1.807, 2.05) is 25.1 Å². The number of benzene rings is 2. The van der Waals surface area contributed by atoms with Crippen LogP contribution in [-0.2, 0) is 0 Å². The maximum absolute atomic E-state index is 5.53. The van der Waals surface area contributed by atoms with Gasteiger partial charge in [0.25, 0.3) is 0 Å². The zero-order valence-corrected chi connectivity index (χ0v) is 14.6. The van der Waals surface area contributed by atoms with Crippen molar-refractivity contribution >= 4 is 31.9 Å². The molecule has 106 valence electrons. The van der Waals surface area contributed by atoms with E-state index in [-0.39, 0.29) is 4.83 Å². The predicted octanol–water partition coefficient (Wildman–Crippen LogP) is 5.34. The second-order valence-electron chi connectivity index (χ2n) is 4.26. The fourth-order valence-corrected chi connectivity index (χ4v) is 3.01. The van der Waals surface area contributed by atoms with E-state index >= 15 is 0 Å². The fourth-order valence-electron chi connectivity index (χ4n) is 1.91. The molecular formula is C16H16Br2O2. The van der Waals surface area contributed by atoms with Crippen molar-refractivity contribution in [1.82, 2.24) is 0 Å². The Labute approximate surface area is 136 Å². The Hall–Kier alpha value is -1.00. The highest BCUT2D eigenvalue weighted by Crippen LogP contribution is 2.35. The molecule has 0 amide bonds. The lowest BCUT2D eigenvalue weighted by Gasteiger charge is -2.13. The van der Waals surface area contributed by atoms with Gasteiger partial charge in [0.05, 0.1) is 23.0 Å². The summed E-state index contributed by atoms with van der Waals surface area (Å²) in [4.78, 5) is 0.139. The van der Waals surface area contributed by atoms with E-state index in [2.05, 4.69) is 56.1 Å². The summed E-state index contributed by atoms with van der Waals surface area (Å²) in [6, 6.07) is 14.2. The molecule has 20 heavy (non-hydrogen) atoms. The van der Waals surface area contributed by atoms with Gasteiger partial charge in [-0.25, -0.2) is 0 Å². The van der Waals surface area contributed by atoms with Crippen molar-refractivity contribution in [3.05, 3.63) is 58.1 Å². The van der Waals surface area contributed by atoms with Gasteiger partial charge in [-0.05, 0) is 58.2 Å². The molecule has 0 aliphatic heterocycles. The first-order valence-corrected chi connectivity index (χ1v) is 8.06. The van der Waals surface area contributed by atoms with Crippen LogP contribution in [0.5, 0.6) is 11.5 Å². The van der Waals surface area contributed by atoms with E-state index in [1.54, 1.807) is 7.11 Å². The van der Waals surface area contributed by atoms with E-state index < -0.39 is 0 Å². The van der Waals surface area contributed by atoms with Crippen molar-refractivity contribution in [1.29, 1.82) is 0 Å². The molecular weight excluding hydrogens is 384 g/mol. The van der Waals surface area contributed by atoms with Crippen molar-refractivity contribution in [2.45, 2.75) is 11.8 Å². The molecule has 2 aromatic rings. The van der Waals surface area contributed by atoms with Crippen molar-refractivity contribution in [2.24, 2.45) is 0 Å². The number of methoxy groups -OCH3 is 1. The Morgan fingerprint density at radius 2 is 1.70 bits per heavy atom. The summed E-state index contributed by atoms with van der Waals surface area (Å²) in [5.74, 6) is 1.73. The quantitative estimate of drug-likeness (QED) is 0.631. The highest BCUT2D eigenvalue weighted by atomic mass is 79.9. The summed E-state index contributed by atoms with van der Waals surface area (Å²) >= 11 is 7.28. The normalized spacial score (nSPS) is 12.0. The Morgan fingerprint density at radius 1 is 1.05 bits per heavy atom. The van der Waals surface area contributed by atoms with Gasteiger partial charge in [0.1, 0.15) is 11.5 Å². The zero-order chi connectivity index (χ0) is 14.5. The summed E-state index contributed by atoms with van der Waals surface area (Å²) in [5.41, 5.74) is 2.35. The lowest BCUT2D eigenvalue weighted by molar-refractivity contribution is 0.338. The monoisotopic (exact) mass is 398 g/mol. The molecule has 0 N–H and O–H groups in total. The zero-order valence-electron chi connectivity index (χ0n) is 11.4. The average molecular weight is 400 g/mol. The molecule has 2 nitrogen and oxygen atoms in total. The fraction of sp³-hybridized carbons (Fsp3) is 0.250. The predicted molar refractivity (Wildman–Crippen MR) is 89.1 cm³/mol. The van der Waals surface area contributed by atoms with Gasteiger partial charge in [0, 0.05) is 0 Å². The van der Waals surface area contributed by atoms with Gasteiger partial charge in [-0.3, -0.25) is 0 Å². The standard InChI is InChI=1S/C16H16Br2O2/c1-3-20-15-9-6-12(10-14(15)17)16(18)11-4-7-13(19-2)8-5-11/h4-10,16H,3H2,1-2H3. The molecule has 0 bridgehead atoms. The summed E-state index contributed by atoms with van der Waals surface area (Å²) in [5, 5.41) is 0. The molecule has 1 unspecified atom stereocenters. The lowest BCUT2D eigenvalue weighted by Crippen LogP contribution is -1.96. The molecule has 0 fully saturated rings. The van der Waals surface area contributed by atoms with Crippen molar-refractivity contribution < 1.29 is 9.47 Å². The number of ether oxygens (including phenoxy) is 2.